The van der Waals surface area contributed by atoms with Gasteiger partial charge in [0.15, 0.2) is 0 Å². The van der Waals surface area contributed by atoms with Crippen LogP contribution in [0.2, 0.25) is 0 Å². The lowest BCUT2D eigenvalue weighted by atomic mass is 9.95. The molecule has 0 atom stereocenters. The standard InChI is InChI=1S/C24H31N3O/c1-19-10-11-24-23-18-26-27(24)15-12-20(19)7-4-2-3-5-13-25-14-16-28-22-9-6-8-21(23)17-22/h6,8-9,12,15,17-18,25H,2-5,7,10-11,13-14,16H2,1H3. The molecule has 28 heavy (non-hydrogen) atoms. The van der Waals surface area contributed by atoms with Crippen LogP contribution in [0.25, 0.3) is 17.3 Å². The Labute approximate surface area is 168 Å². The van der Waals surface area contributed by atoms with Gasteiger partial charge in [-0.2, -0.15) is 5.10 Å². The van der Waals surface area contributed by atoms with E-state index in [9.17, 15) is 0 Å². The molecule has 3 aliphatic rings. The van der Waals surface area contributed by atoms with Gasteiger partial charge in [0, 0.05) is 18.3 Å². The maximum atomic E-state index is 5.97. The van der Waals surface area contributed by atoms with E-state index in [1.54, 1.807) is 0 Å². The van der Waals surface area contributed by atoms with Gasteiger partial charge in [-0.3, -0.25) is 0 Å². The molecule has 0 saturated carbocycles. The molecule has 0 saturated heterocycles. The van der Waals surface area contributed by atoms with Crippen molar-refractivity contribution in [3.05, 3.63) is 53.4 Å². The van der Waals surface area contributed by atoms with E-state index >= 15 is 0 Å². The van der Waals surface area contributed by atoms with E-state index < -0.39 is 0 Å². The fraction of sp³-hybridized carbons (Fsp3) is 0.458. The number of fused-ring (bicyclic) bond motifs is 11. The summed E-state index contributed by atoms with van der Waals surface area (Å²) in [5.74, 6) is 0.928. The van der Waals surface area contributed by atoms with Gasteiger partial charge in [0.05, 0.1) is 11.9 Å². The third-order valence-corrected chi connectivity index (χ3v) is 5.84. The largest absolute Gasteiger partial charge is 0.492 e. The molecule has 0 fully saturated rings. The summed E-state index contributed by atoms with van der Waals surface area (Å²) in [6.07, 6.45) is 14.8. The SMILES string of the molecule is CC1=C2C=Cn3ncc(c3CC1)-c1cccc(c1)OCCNCCCCCC2. The Kier molecular flexibility index (Phi) is 6.27. The number of hydrogen-bond donors (Lipinski definition) is 1. The number of benzene rings is 1. The molecular formula is C24H31N3O. The average Bonchev–Trinajstić information content (AvgIpc) is 3.10. The first-order valence-corrected chi connectivity index (χ1v) is 10.7. The van der Waals surface area contributed by atoms with Crippen LogP contribution in [0.1, 0.15) is 51.1 Å². The lowest BCUT2D eigenvalue weighted by Crippen LogP contribution is -2.22. The second-order valence-electron chi connectivity index (χ2n) is 7.86. The van der Waals surface area contributed by atoms with Crippen LogP contribution in [0.15, 0.2) is 47.7 Å². The monoisotopic (exact) mass is 377 g/mol. The van der Waals surface area contributed by atoms with Crippen molar-refractivity contribution in [2.24, 2.45) is 0 Å². The number of allylic oxidation sites excluding steroid dienone is 3. The Balaban J connectivity index is 1.64. The van der Waals surface area contributed by atoms with Crippen molar-refractivity contribution < 1.29 is 4.74 Å². The van der Waals surface area contributed by atoms with Gasteiger partial charge in [-0.1, -0.05) is 30.5 Å². The minimum absolute atomic E-state index is 0.699. The molecule has 2 aromatic rings. The summed E-state index contributed by atoms with van der Waals surface area (Å²) in [5.41, 5.74) is 6.69. The molecule has 0 spiro atoms. The average molecular weight is 378 g/mol. The normalized spacial score (nSPS) is 18.8. The highest BCUT2D eigenvalue weighted by atomic mass is 16.5. The van der Waals surface area contributed by atoms with Gasteiger partial charge in [0.1, 0.15) is 12.4 Å². The molecule has 1 aromatic carbocycles. The summed E-state index contributed by atoms with van der Waals surface area (Å²) in [5, 5.41) is 8.16. The number of aromatic nitrogens is 2. The van der Waals surface area contributed by atoms with Crippen LogP contribution >= 0.6 is 0 Å². The van der Waals surface area contributed by atoms with Gasteiger partial charge in [-0.05, 0) is 74.9 Å². The molecule has 148 valence electrons. The first kappa shape index (κ1) is 19.0. The Morgan fingerprint density at radius 1 is 1.04 bits per heavy atom. The molecule has 5 rings (SSSR count). The fourth-order valence-electron chi connectivity index (χ4n) is 4.11. The van der Waals surface area contributed by atoms with E-state index in [4.69, 9.17) is 4.74 Å². The van der Waals surface area contributed by atoms with Crippen LogP contribution in [-0.4, -0.2) is 29.5 Å². The van der Waals surface area contributed by atoms with Crippen molar-refractivity contribution >= 4 is 6.20 Å². The van der Waals surface area contributed by atoms with Crippen molar-refractivity contribution in [3.8, 4) is 16.9 Å². The summed E-state index contributed by atoms with van der Waals surface area (Å²) in [4.78, 5) is 0. The molecule has 3 aliphatic heterocycles. The number of hydrogen-bond acceptors (Lipinski definition) is 3. The summed E-state index contributed by atoms with van der Waals surface area (Å²) in [6.45, 7) is 4.97. The summed E-state index contributed by atoms with van der Waals surface area (Å²) in [7, 11) is 0. The van der Waals surface area contributed by atoms with Crippen molar-refractivity contribution in [2.75, 3.05) is 19.7 Å². The molecule has 0 radical (unpaired) electrons. The maximum Gasteiger partial charge on any atom is 0.119 e. The molecule has 4 nitrogen and oxygen atoms in total. The van der Waals surface area contributed by atoms with Crippen molar-refractivity contribution in [1.29, 1.82) is 0 Å². The zero-order valence-electron chi connectivity index (χ0n) is 16.9. The van der Waals surface area contributed by atoms with E-state index in [1.165, 1.54) is 60.1 Å². The topological polar surface area (TPSA) is 39.1 Å². The number of ether oxygens (including phenoxy) is 1. The van der Waals surface area contributed by atoms with Gasteiger partial charge < -0.3 is 10.1 Å². The first-order chi connectivity index (χ1) is 13.8. The van der Waals surface area contributed by atoms with Gasteiger partial charge in [-0.15, -0.1) is 0 Å². The third kappa shape index (κ3) is 4.56. The minimum atomic E-state index is 0.699. The lowest BCUT2D eigenvalue weighted by Gasteiger charge is -2.14. The summed E-state index contributed by atoms with van der Waals surface area (Å²) >= 11 is 0. The van der Waals surface area contributed by atoms with Crippen molar-refractivity contribution in [1.82, 2.24) is 15.1 Å². The van der Waals surface area contributed by atoms with E-state index in [2.05, 4.69) is 52.5 Å². The van der Waals surface area contributed by atoms with Crippen molar-refractivity contribution in [2.45, 2.75) is 51.9 Å². The molecule has 1 aromatic heterocycles. The van der Waals surface area contributed by atoms with Crippen LogP contribution in [0.5, 0.6) is 5.75 Å². The van der Waals surface area contributed by atoms with Gasteiger partial charge >= 0.3 is 0 Å². The van der Waals surface area contributed by atoms with E-state index in [0.29, 0.717) is 6.61 Å². The van der Waals surface area contributed by atoms with Crippen molar-refractivity contribution in [3.63, 3.8) is 0 Å². The molecular weight excluding hydrogens is 346 g/mol. The molecule has 0 unspecified atom stereocenters. The van der Waals surface area contributed by atoms with E-state index in [0.717, 1.165) is 31.7 Å². The highest BCUT2D eigenvalue weighted by Gasteiger charge is 2.15. The molecule has 4 heteroatoms. The van der Waals surface area contributed by atoms with Crippen LogP contribution < -0.4 is 10.1 Å². The maximum absolute atomic E-state index is 5.97. The Hall–Kier alpha value is -2.33. The first-order valence-electron chi connectivity index (χ1n) is 10.7. The Morgan fingerprint density at radius 3 is 2.93 bits per heavy atom. The second kappa shape index (κ2) is 9.24. The number of nitrogens with one attached hydrogen (secondary N) is 1. The smallest absolute Gasteiger partial charge is 0.119 e. The number of rotatable bonds is 0. The fourth-order valence-corrected chi connectivity index (χ4v) is 4.11. The number of nitrogens with zero attached hydrogens (tertiary/aromatic N) is 2. The Morgan fingerprint density at radius 2 is 1.96 bits per heavy atom. The summed E-state index contributed by atoms with van der Waals surface area (Å²) in [6, 6.07) is 8.41. The molecule has 4 heterocycles. The predicted molar refractivity (Wildman–Crippen MR) is 115 cm³/mol. The highest BCUT2D eigenvalue weighted by molar-refractivity contribution is 5.68. The molecule has 1 N–H and O–H groups in total. The molecule has 0 aliphatic carbocycles. The highest BCUT2D eigenvalue weighted by Crippen LogP contribution is 2.30. The lowest BCUT2D eigenvalue weighted by molar-refractivity contribution is 0.313. The molecule has 0 amide bonds. The zero-order valence-corrected chi connectivity index (χ0v) is 16.9. The second-order valence-corrected chi connectivity index (χ2v) is 7.86. The van der Waals surface area contributed by atoms with Crippen LogP contribution in [0.4, 0.5) is 0 Å². The van der Waals surface area contributed by atoms with E-state index in [1.807, 2.05) is 12.3 Å². The van der Waals surface area contributed by atoms with Crippen LogP contribution in [0.3, 0.4) is 0 Å². The Bertz CT molecular complexity index is 862. The minimum Gasteiger partial charge on any atom is -0.492 e. The van der Waals surface area contributed by atoms with Crippen LogP contribution in [-0.2, 0) is 6.42 Å². The van der Waals surface area contributed by atoms with E-state index in [-0.39, 0.29) is 0 Å². The van der Waals surface area contributed by atoms with Crippen LogP contribution in [0, 0.1) is 0 Å². The third-order valence-electron chi connectivity index (χ3n) is 5.84. The quantitative estimate of drug-likeness (QED) is 0.684. The predicted octanol–water partition coefficient (Wildman–Crippen LogP) is 5.22. The zero-order chi connectivity index (χ0) is 19.2. The van der Waals surface area contributed by atoms with Gasteiger partial charge in [0.25, 0.3) is 0 Å². The molecule has 6 bridgehead atoms. The summed E-state index contributed by atoms with van der Waals surface area (Å²) < 4.78 is 8.04. The van der Waals surface area contributed by atoms with Gasteiger partial charge in [-0.25, -0.2) is 4.68 Å². The van der Waals surface area contributed by atoms with Gasteiger partial charge in [0.2, 0.25) is 0 Å².